The number of carbonyl (C=O) groups is 2. The molecule has 2 fully saturated rings. The van der Waals surface area contributed by atoms with Crippen LogP contribution in [0.2, 0.25) is 0 Å². The van der Waals surface area contributed by atoms with Crippen LogP contribution < -0.4 is 10.8 Å². The Morgan fingerprint density at radius 1 is 1.67 bits per heavy atom. The van der Waals surface area contributed by atoms with Crippen molar-refractivity contribution in [1.29, 1.82) is 0 Å². The van der Waals surface area contributed by atoms with E-state index in [9.17, 15) is 9.59 Å². The maximum atomic E-state index is 11.0. The molecule has 0 aromatic heterocycles. The molecule has 0 saturated carbocycles. The molecule has 2 rings (SSSR count). The molecule has 0 spiro atoms. The number of aliphatic carboxylic acids is 1. The molecule has 12 heavy (non-hydrogen) atoms. The highest BCUT2D eigenvalue weighted by Gasteiger charge is 2.49. The van der Waals surface area contributed by atoms with E-state index in [1.54, 1.807) is 0 Å². The zero-order valence-electron chi connectivity index (χ0n) is 6.11. The van der Waals surface area contributed by atoms with Gasteiger partial charge in [0.15, 0.2) is 0 Å². The molecule has 2 aliphatic rings. The highest BCUT2D eigenvalue weighted by molar-refractivity contribution is 5.84. The number of amides is 1. The van der Waals surface area contributed by atoms with E-state index in [1.807, 2.05) is 0 Å². The van der Waals surface area contributed by atoms with Gasteiger partial charge >= 0.3 is 5.97 Å². The Bertz CT molecular complexity index is 242. The van der Waals surface area contributed by atoms with Gasteiger partial charge in [-0.05, 0) is 0 Å². The first-order valence-electron chi connectivity index (χ1n) is 3.62. The Morgan fingerprint density at radius 3 is 3.08 bits per heavy atom. The minimum atomic E-state index is -0.987. The molecule has 0 radical (unpaired) electrons. The Kier molecular flexibility index (Phi) is 1.52. The number of nitrogens with one attached hydrogen (secondary N) is 2. The van der Waals surface area contributed by atoms with Gasteiger partial charge in [0.2, 0.25) is 0 Å². The minimum Gasteiger partial charge on any atom is -0.480 e. The Labute approximate surface area is 67.8 Å². The van der Waals surface area contributed by atoms with Crippen LogP contribution in [0.25, 0.3) is 0 Å². The van der Waals surface area contributed by atoms with Gasteiger partial charge in [-0.15, -0.1) is 0 Å². The average molecular weight is 172 g/mol. The van der Waals surface area contributed by atoms with Gasteiger partial charge in [0.25, 0.3) is 5.91 Å². The zero-order chi connectivity index (χ0) is 8.72. The quantitative estimate of drug-likeness (QED) is 0.429. The number of hydroxylamine groups is 1. The summed E-state index contributed by atoms with van der Waals surface area (Å²) in [5.41, 5.74) is 2.16. The molecule has 3 N–H and O–H groups in total. The summed E-state index contributed by atoms with van der Waals surface area (Å²) in [5.74, 6) is -1.58. The Hall–Kier alpha value is -1.14. The lowest BCUT2D eigenvalue weighted by Crippen LogP contribution is -2.40. The third-order valence-corrected chi connectivity index (χ3v) is 2.18. The van der Waals surface area contributed by atoms with Gasteiger partial charge in [0, 0.05) is 6.54 Å². The van der Waals surface area contributed by atoms with Crippen LogP contribution in [-0.4, -0.2) is 35.7 Å². The Morgan fingerprint density at radius 2 is 2.42 bits per heavy atom. The summed E-state index contributed by atoms with van der Waals surface area (Å²) in [6.45, 7) is 0.369. The molecular formula is C6H8N2O4. The molecule has 0 aromatic carbocycles. The van der Waals surface area contributed by atoms with Crippen molar-refractivity contribution in [2.75, 3.05) is 6.54 Å². The fourth-order valence-electron chi connectivity index (χ4n) is 1.54. The van der Waals surface area contributed by atoms with E-state index in [-0.39, 0.29) is 11.8 Å². The van der Waals surface area contributed by atoms with Crippen molar-refractivity contribution in [3.8, 4) is 0 Å². The lowest BCUT2D eigenvalue weighted by molar-refractivity contribution is -0.143. The second-order valence-corrected chi connectivity index (χ2v) is 2.88. The highest BCUT2D eigenvalue weighted by Crippen LogP contribution is 2.22. The fraction of sp³-hybridized carbons (Fsp3) is 0.667. The van der Waals surface area contributed by atoms with Crippen molar-refractivity contribution >= 4 is 11.9 Å². The smallest absolute Gasteiger partial charge is 0.323 e. The van der Waals surface area contributed by atoms with Crippen molar-refractivity contribution in [3.05, 3.63) is 0 Å². The highest BCUT2D eigenvalue weighted by atomic mass is 16.7. The molecule has 0 aromatic rings. The molecule has 0 bridgehead atoms. The predicted octanol–water partition coefficient (Wildman–Crippen LogP) is -1.91. The maximum absolute atomic E-state index is 11.0. The number of hydrogen-bond donors (Lipinski definition) is 3. The number of rotatable bonds is 1. The molecule has 1 amide bonds. The van der Waals surface area contributed by atoms with Crippen LogP contribution in [0, 0.1) is 5.92 Å². The summed E-state index contributed by atoms with van der Waals surface area (Å²) in [5, 5.41) is 11.4. The standard InChI is InChI=1S/C6H8N2O4/c9-5-2-1-7-3(6(10)11)4(2)12-8-5/h2-4,7H,1H2,(H,8,9)(H,10,11)/t2-,3-,4+/m1/s1. The second-order valence-electron chi connectivity index (χ2n) is 2.88. The van der Waals surface area contributed by atoms with Crippen molar-refractivity contribution in [3.63, 3.8) is 0 Å². The molecule has 6 heteroatoms. The van der Waals surface area contributed by atoms with Crippen LogP contribution in [-0.2, 0) is 14.4 Å². The van der Waals surface area contributed by atoms with E-state index in [2.05, 4.69) is 10.8 Å². The van der Waals surface area contributed by atoms with Crippen LogP contribution in [0.15, 0.2) is 0 Å². The van der Waals surface area contributed by atoms with Gasteiger partial charge in [-0.2, -0.15) is 0 Å². The average Bonchev–Trinajstić information content (AvgIpc) is 2.53. The fourth-order valence-corrected chi connectivity index (χ4v) is 1.54. The zero-order valence-corrected chi connectivity index (χ0v) is 6.11. The van der Waals surface area contributed by atoms with Gasteiger partial charge in [-0.25, -0.2) is 5.48 Å². The first-order valence-corrected chi connectivity index (χ1v) is 3.62. The first-order chi connectivity index (χ1) is 5.70. The van der Waals surface area contributed by atoms with Crippen molar-refractivity contribution in [1.82, 2.24) is 10.8 Å². The number of carboxylic acids is 1. The van der Waals surface area contributed by atoms with Gasteiger partial charge < -0.3 is 10.4 Å². The molecule has 6 nitrogen and oxygen atoms in total. The lowest BCUT2D eigenvalue weighted by atomic mass is 10.0. The van der Waals surface area contributed by atoms with Crippen molar-refractivity contribution in [2.45, 2.75) is 12.1 Å². The predicted molar refractivity (Wildman–Crippen MR) is 35.9 cm³/mol. The topological polar surface area (TPSA) is 87.7 Å². The molecule has 0 aliphatic carbocycles. The minimum absolute atomic E-state index is 0.240. The summed E-state index contributed by atoms with van der Waals surface area (Å²) in [6, 6.07) is -0.769. The van der Waals surface area contributed by atoms with E-state index in [1.165, 1.54) is 0 Å². The van der Waals surface area contributed by atoms with E-state index >= 15 is 0 Å². The number of hydrogen-bond acceptors (Lipinski definition) is 4. The number of carboxylic acid groups (broad SMARTS) is 1. The van der Waals surface area contributed by atoms with E-state index in [0.29, 0.717) is 6.54 Å². The summed E-state index contributed by atoms with van der Waals surface area (Å²) >= 11 is 0. The summed E-state index contributed by atoms with van der Waals surface area (Å²) < 4.78 is 0. The molecule has 2 saturated heterocycles. The third-order valence-electron chi connectivity index (χ3n) is 2.18. The van der Waals surface area contributed by atoms with Crippen LogP contribution in [0.4, 0.5) is 0 Å². The van der Waals surface area contributed by atoms with E-state index in [4.69, 9.17) is 9.94 Å². The first kappa shape index (κ1) is 7.51. The van der Waals surface area contributed by atoms with Gasteiger partial charge in [-0.3, -0.25) is 14.4 Å². The van der Waals surface area contributed by atoms with Crippen molar-refractivity contribution < 1.29 is 19.5 Å². The summed E-state index contributed by atoms with van der Waals surface area (Å²) in [7, 11) is 0. The normalized spacial score (nSPS) is 39.3. The van der Waals surface area contributed by atoms with Crippen LogP contribution in [0.1, 0.15) is 0 Å². The second kappa shape index (κ2) is 2.43. The van der Waals surface area contributed by atoms with Crippen LogP contribution >= 0.6 is 0 Å². The molecule has 66 valence electrons. The van der Waals surface area contributed by atoms with Gasteiger partial charge in [0.05, 0.1) is 5.92 Å². The number of carbonyl (C=O) groups excluding carboxylic acids is 1. The molecule has 3 atom stereocenters. The van der Waals surface area contributed by atoms with Crippen LogP contribution in [0.5, 0.6) is 0 Å². The molecule has 0 unspecified atom stereocenters. The molecule has 2 heterocycles. The summed E-state index contributed by atoms with van der Waals surface area (Å²) in [4.78, 5) is 26.3. The molecular weight excluding hydrogens is 164 g/mol. The van der Waals surface area contributed by atoms with Gasteiger partial charge in [0.1, 0.15) is 12.1 Å². The maximum Gasteiger partial charge on any atom is 0.323 e. The van der Waals surface area contributed by atoms with E-state index in [0.717, 1.165) is 0 Å². The number of fused-ring (bicyclic) bond motifs is 1. The van der Waals surface area contributed by atoms with Crippen LogP contribution in [0.3, 0.4) is 0 Å². The lowest BCUT2D eigenvalue weighted by Gasteiger charge is -2.10. The summed E-state index contributed by atoms with van der Waals surface area (Å²) in [6.07, 6.45) is -0.560. The SMILES string of the molecule is O=C1NO[C@H]2[C@H]1CN[C@H]2C(=O)O. The third kappa shape index (κ3) is 0.886. The van der Waals surface area contributed by atoms with E-state index < -0.39 is 18.1 Å². The monoisotopic (exact) mass is 172 g/mol. The Balaban J connectivity index is 2.15. The van der Waals surface area contributed by atoms with Gasteiger partial charge in [-0.1, -0.05) is 0 Å². The van der Waals surface area contributed by atoms with Crippen molar-refractivity contribution in [2.24, 2.45) is 5.92 Å². The molecule has 2 aliphatic heterocycles. The largest absolute Gasteiger partial charge is 0.480 e.